The fraction of sp³-hybridized carbons (Fsp3) is 1.00. The average molecular weight is 148 g/mol. The topological polar surface area (TPSA) is 65.5 Å². The molecule has 0 radical (unpaired) electrons. The van der Waals surface area contributed by atoms with E-state index in [1.165, 1.54) is 0 Å². The van der Waals surface area contributed by atoms with Crippen molar-refractivity contribution in [1.29, 1.82) is 0 Å². The molecule has 1 saturated heterocycles. The van der Waals surface area contributed by atoms with Crippen molar-refractivity contribution in [3.05, 3.63) is 0 Å². The van der Waals surface area contributed by atoms with Crippen LogP contribution in [0.4, 0.5) is 0 Å². The molecule has 0 spiro atoms. The van der Waals surface area contributed by atoms with E-state index in [2.05, 4.69) is 5.32 Å². The van der Waals surface area contributed by atoms with E-state index in [0.717, 1.165) is 26.3 Å². The molecule has 1 aliphatic heterocycles. The number of morpholine rings is 1. The van der Waals surface area contributed by atoms with Crippen LogP contribution in [-0.2, 0) is 9.47 Å². The quantitative estimate of drug-likeness (QED) is 0.584. The van der Waals surface area contributed by atoms with Crippen molar-refractivity contribution in [3.8, 4) is 0 Å². The lowest BCUT2D eigenvalue weighted by atomic mass is 10.5. The van der Waals surface area contributed by atoms with Crippen LogP contribution in [0.25, 0.3) is 0 Å². The van der Waals surface area contributed by atoms with Gasteiger partial charge in [-0.1, -0.05) is 0 Å². The van der Waals surface area contributed by atoms with Crippen molar-refractivity contribution in [2.24, 2.45) is 0 Å². The van der Waals surface area contributed by atoms with Crippen molar-refractivity contribution in [3.63, 3.8) is 0 Å². The Morgan fingerprint density at radius 1 is 1.70 bits per heavy atom. The Labute approximate surface area is 61.5 Å². The fourth-order valence-corrected chi connectivity index (χ4v) is 0.834. The highest BCUT2D eigenvalue weighted by atomic mass is 16.7. The van der Waals surface area contributed by atoms with E-state index in [1.807, 2.05) is 6.92 Å². The summed E-state index contributed by atoms with van der Waals surface area (Å²) >= 11 is 0. The van der Waals surface area contributed by atoms with Gasteiger partial charge in [0.15, 0.2) is 6.29 Å². The molecular weight excluding hydrogens is 132 g/mol. The van der Waals surface area contributed by atoms with Gasteiger partial charge in [-0.25, -0.2) is 0 Å². The molecule has 1 unspecified atom stereocenters. The number of hydrogen-bond donors (Lipinski definition) is 2. The van der Waals surface area contributed by atoms with Gasteiger partial charge in [-0.05, 0) is 6.92 Å². The Balaban J connectivity index is 0.000000810. The molecule has 0 bridgehead atoms. The van der Waals surface area contributed by atoms with E-state index in [9.17, 15) is 0 Å². The Hall–Kier alpha value is -0.160. The first-order chi connectivity index (χ1) is 4.43. The molecule has 1 fully saturated rings. The molecule has 0 aromatic heterocycles. The highest BCUT2D eigenvalue weighted by Gasteiger charge is 2.11. The summed E-state index contributed by atoms with van der Waals surface area (Å²) < 4.78 is 10.4. The van der Waals surface area contributed by atoms with Gasteiger partial charge >= 0.3 is 0 Å². The molecule has 0 aliphatic carbocycles. The minimum absolute atomic E-state index is 0. The molecule has 1 rings (SSSR count). The van der Waals surface area contributed by atoms with Crippen LogP contribution in [0.3, 0.4) is 0 Å². The molecule has 0 aromatic rings. The third-order valence-corrected chi connectivity index (χ3v) is 1.25. The van der Waals surface area contributed by atoms with Crippen LogP contribution in [0, 0.1) is 0 Å². The predicted octanol–water partition coefficient (Wildman–Crippen LogP) is 0.131. The summed E-state index contributed by atoms with van der Waals surface area (Å²) in [6.07, 6.45) is -0.0104. The smallest absolute Gasteiger partial charge is 0.169 e. The molecular formula is C6H16N2O2. The summed E-state index contributed by atoms with van der Waals surface area (Å²) in [6.45, 7) is 5.24. The van der Waals surface area contributed by atoms with E-state index in [4.69, 9.17) is 9.47 Å². The lowest BCUT2D eigenvalue weighted by Crippen LogP contribution is -2.39. The number of ether oxygens (including phenoxy) is 2. The molecule has 62 valence electrons. The van der Waals surface area contributed by atoms with E-state index in [-0.39, 0.29) is 12.4 Å². The fourth-order valence-electron chi connectivity index (χ4n) is 0.834. The largest absolute Gasteiger partial charge is 0.352 e. The van der Waals surface area contributed by atoms with Crippen LogP contribution in [-0.4, -0.2) is 32.6 Å². The highest BCUT2D eigenvalue weighted by Crippen LogP contribution is 1.96. The zero-order chi connectivity index (χ0) is 6.53. The highest BCUT2D eigenvalue weighted by molar-refractivity contribution is 4.56. The summed E-state index contributed by atoms with van der Waals surface area (Å²) in [5.41, 5.74) is 0. The molecule has 1 heterocycles. The van der Waals surface area contributed by atoms with Crippen LogP contribution in [0.5, 0.6) is 0 Å². The molecule has 4 nitrogen and oxygen atoms in total. The van der Waals surface area contributed by atoms with E-state index in [0.29, 0.717) is 0 Å². The third kappa shape index (κ3) is 3.12. The first-order valence-corrected chi connectivity index (χ1v) is 3.37. The molecule has 1 atom stereocenters. The third-order valence-electron chi connectivity index (χ3n) is 1.25. The van der Waals surface area contributed by atoms with E-state index < -0.39 is 0 Å². The summed E-state index contributed by atoms with van der Waals surface area (Å²) in [5, 5.41) is 3.17. The van der Waals surface area contributed by atoms with Crippen molar-refractivity contribution < 1.29 is 9.47 Å². The van der Waals surface area contributed by atoms with Crippen molar-refractivity contribution >= 4 is 0 Å². The first kappa shape index (κ1) is 9.84. The molecule has 0 amide bonds. The maximum absolute atomic E-state index is 5.23. The summed E-state index contributed by atoms with van der Waals surface area (Å²) in [4.78, 5) is 0. The molecule has 4 heteroatoms. The first-order valence-electron chi connectivity index (χ1n) is 3.37. The van der Waals surface area contributed by atoms with Crippen molar-refractivity contribution in [2.75, 3.05) is 26.3 Å². The Bertz CT molecular complexity index is 71.4. The van der Waals surface area contributed by atoms with Crippen molar-refractivity contribution in [2.45, 2.75) is 13.2 Å². The Morgan fingerprint density at radius 2 is 2.50 bits per heavy atom. The van der Waals surface area contributed by atoms with Crippen LogP contribution < -0.4 is 11.5 Å². The molecule has 0 saturated carbocycles. The standard InChI is InChI=1S/C6H13NO2.H3N/c1-2-8-6-5-7-3-4-9-6;/h6-7H,2-5H2,1H3;1H3. The van der Waals surface area contributed by atoms with Crippen LogP contribution in [0.15, 0.2) is 0 Å². The summed E-state index contributed by atoms with van der Waals surface area (Å²) in [6, 6.07) is 0. The van der Waals surface area contributed by atoms with Gasteiger partial charge in [0.1, 0.15) is 0 Å². The summed E-state index contributed by atoms with van der Waals surface area (Å²) in [5.74, 6) is 0. The number of hydrogen-bond acceptors (Lipinski definition) is 4. The zero-order valence-electron chi connectivity index (χ0n) is 6.43. The lowest BCUT2D eigenvalue weighted by Gasteiger charge is -2.22. The SMILES string of the molecule is CCOC1CNCCO1.N. The van der Waals surface area contributed by atoms with Gasteiger partial charge in [0.05, 0.1) is 6.61 Å². The van der Waals surface area contributed by atoms with Gasteiger partial charge in [0, 0.05) is 19.7 Å². The van der Waals surface area contributed by atoms with E-state index >= 15 is 0 Å². The van der Waals surface area contributed by atoms with Gasteiger partial charge in [0.25, 0.3) is 0 Å². The maximum Gasteiger partial charge on any atom is 0.169 e. The second kappa shape index (κ2) is 5.61. The monoisotopic (exact) mass is 148 g/mol. The predicted molar refractivity (Wildman–Crippen MR) is 39.3 cm³/mol. The van der Waals surface area contributed by atoms with Gasteiger partial charge in [-0.3, -0.25) is 0 Å². The van der Waals surface area contributed by atoms with E-state index in [1.54, 1.807) is 0 Å². The Morgan fingerprint density at radius 3 is 3.00 bits per heavy atom. The van der Waals surface area contributed by atoms with Crippen LogP contribution >= 0.6 is 0 Å². The normalized spacial score (nSPS) is 25.5. The van der Waals surface area contributed by atoms with Crippen molar-refractivity contribution in [1.82, 2.24) is 11.5 Å². The number of rotatable bonds is 2. The molecule has 1 aliphatic rings. The lowest BCUT2D eigenvalue weighted by molar-refractivity contribution is -0.149. The molecule has 10 heavy (non-hydrogen) atoms. The second-order valence-corrected chi connectivity index (χ2v) is 1.96. The van der Waals surface area contributed by atoms with Crippen LogP contribution in [0.2, 0.25) is 0 Å². The van der Waals surface area contributed by atoms with Gasteiger partial charge in [-0.2, -0.15) is 0 Å². The summed E-state index contributed by atoms with van der Waals surface area (Å²) in [7, 11) is 0. The van der Waals surface area contributed by atoms with Gasteiger partial charge in [0.2, 0.25) is 0 Å². The minimum atomic E-state index is -0.0104. The van der Waals surface area contributed by atoms with Gasteiger partial charge in [-0.15, -0.1) is 0 Å². The van der Waals surface area contributed by atoms with Crippen LogP contribution in [0.1, 0.15) is 6.92 Å². The minimum Gasteiger partial charge on any atom is -0.352 e. The molecule has 0 aromatic carbocycles. The molecule has 4 N–H and O–H groups in total. The zero-order valence-corrected chi connectivity index (χ0v) is 6.43. The Kier molecular flexibility index (Phi) is 5.52. The number of nitrogens with one attached hydrogen (secondary N) is 1. The maximum atomic E-state index is 5.23. The second-order valence-electron chi connectivity index (χ2n) is 1.96. The van der Waals surface area contributed by atoms with Gasteiger partial charge < -0.3 is 20.9 Å². The average Bonchev–Trinajstić information content (AvgIpc) is 1.91.